The van der Waals surface area contributed by atoms with E-state index in [1.807, 2.05) is 25.2 Å². The van der Waals surface area contributed by atoms with E-state index in [0.717, 1.165) is 17.7 Å². The van der Waals surface area contributed by atoms with E-state index in [2.05, 4.69) is 21.7 Å². The molecule has 0 fully saturated rings. The molecule has 108 valence electrons. The molecule has 21 heavy (non-hydrogen) atoms. The minimum Gasteiger partial charge on any atom is -0.384 e. The van der Waals surface area contributed by atoms with Crippen molar-refractivity contribution >= 4 is 0 Å². The second-order valence-electron chi connectivity index (χ2n) is 4.84. The van der Waals surface area contributed by atoms with Gasteiger partial charge in [0, 0.05) is 31.0 Å². The monoisotopic (exact) mass is 284 g/mol. The summed E-state index contributed by atoms with van der Waals surface area (Å²) in [6.07, 6.45) is 3.52. The molecule has 0 bridgehead atoms. The number of hydrogen-bond acceptors (Lipinski definition) is 3. The average Bonchev–Trinajstić information content (AvgIpc) is 2.45. The average molecular weight is 284 g/mol. The van der Waals surface area contributed by atoms with Crippen LogP contribution in [0.2, 0.25) is 0 Å². The van der Waals surface area contributed by atoms with Gasteiger partial charge in [0.1, 0.15) is 12.4 Å². The van der Waals surface area contributed by atoms with Crippen molar-refractivity contribution in [3.63, 3.8) is 0 Å². The van der Waals surface area contributed by atoms with E-state index in [9.17, 15) is 4.39 Å². The molecular formula is C17H17FN2O. The second-order valence-corrected chi connectivity index (χ2v) is 4.84. The van der Waals surface area contributed by atoms with Gasteiger partial charge in [-0.3, -0.25) is 9.88 Å². The highest BCUT2D eigenvalue weighted by Gasteiger charge is 2.04. The third kappa shape index (κ3) is 4.99. The Morgan fingerprint density at radius 2 is 1.86 bits per heavy atom. The first-order valence-electron chi connectivity index (χ1n) is 6.64. The Kier molecular flexibility index (Phi) is 5.44. The fourth-order valence-corrected chi connectivity index (χ4v) is 2.12. The summed E-state index contributed by atoms with van der Waals surface area (Å²) in [5.41, 5.74) is 2.59. The van der Waals surface area contributed by atoms with E-state index < -0.39 is 0 Å². The molecule has 0 atom stereocenters. The van der Waals surface area contributed by atoms with Crippen LogP contribution in [0, 0.1) is 17.7 Å². The number of rotatable bonds is 4. The number of pyridine rings is 1. The SMILES string of the molecule is CN(Cc1ccncc1)Cc1cc(F)cc(C#CCO)c1. The Hall–Kier alpha value is -2.22. The summed E-state index contributed by atoms with van der Waals surface area (Å²) in [6, 6.07) is 8.64. The van der Waals surface area contributed by atoms with Gasteiger partial charge >= 0.3 is 0 Å². The molecule has 0 radical (unpaired) electrons. The van der Waals surface area contributed by atoms with Gasteiger partial charge in [0.25, 0.3) is 0 Å². The maximum atomic E-state index is 13.6. The van der Waals surface area contributed by atoms with Crippen LogP contribution < -0.4 is 0 Å². The molecule has 1 aromatic heterocycles. The molecule has 2 aromatic rings. The smallest absolute Gasteiger partial charge is 0.124 e. The molecule has 0 spiro atoms. The van der Waals surface area contributed by atoms with Crippen molar-refractivity contribution in [2.24, 2.45) is 0 Å². The predicted octanol–water partition coefficient (Wildman–Crippen LogP) is 2.20. The highest BCUT2D eigenvalue weighted by atomic mass is 19.1. The zero-order chi connectivity index (χ0) is 15.1. The zero-order valence-electron chi connectivity index (χ0n) is 11.9. The van der Waals surface area contributed by atoms with Crippen LogP contribution in [-0.4, -0.2) is 28.6 Å². The number of hydrogen-bond donors (Lipinski definition) is 1. The van der Waals surface area contributed by atoms with Gasteiger partial charge in [-0.15, -0.1) is 0 Å². The molecule has 4 heteroatoms. The molecule has 3 nitrogen and oxygen atoms in total. The van der Waals surface area contributed by atoms with Gasteiger partial charge in [-0.1, -0.05) is 11.8 Å². The maximum absolute atomic E-state index is 13.6. The first-order chi connectivity index (χ1) is 10.2. The van der Waals surface area contributed by atoms with Crippen LogP contribution in [-0.2, 0) is 13.1 Å². The van der Waals surface area contributed by atoms with Crippen molar-refractivity contribution in [2.75, 3.05) is 13.7 Å². The highest BCUT2D eigenvalue weighted by molar-refractivity contribution is 5.37. The largest absolute Gasteiger partial charge is 0.384 e. The molecule has 0 unspecified atom stereocenters. The topological polar surface area (TPSA) is 36.4 Å². The van der Waals surface area contributed by atoms with E-state index in [4.69, 9.17) is 5.11 Å². The molecule has 0 aliphatic carbocycles. The van der Waals surface area contributed by atoms with Crippen LogP contribution in [0.1, 0.15) is 16.7 Å². The Labute approximate surface area is 124 Å². The van der Waals surface area contributed by atoms with Crippen LogP contribution >= 0.6 is 0 Å². The number of aliphatic hydroxyl groups excluding tert-OH is 1. The van der Waals surface area contributed by atoms with Gasteiger partial charge in [-0.25, -0.2) is 4.39 Å². The molecular weight excluding hydrogens is 267 g/mol. The van der Waals surface area contributed by atoms with Crippen LogP contribution in [0.4, 0.5) is 4.39 Å². The Morgan fingerprint density at radius 3 is 2.57 bits per heavy atom. The predicted molar refractivity (Wildman–Crippen MR) is 79.8 cm³/mol. The second kappa shape index (κ2) is 7.53. The molecule has 0 saturated heterocycles. The fraction of sp³-hybridized carbons (Fsp3) is 0.235. The van der Waals surface area contributed by atoms with Crippen molar-refractivity contribution < 1.29 is 9.50 Å². The van der Waals surface area contributed by atoms with Gasteiger partial charge in [0.05, 0.1) is 0 Å². The summed E-state index contributed by atoms with van der Waals surface area (Å²) in [7, 11) is 1.98. The molecule has 1 aromatic carbocycles. The molecule has 1 heterocycles. The number of benzene rings is 1. The van der Waals surface area contributed by atoms with E-state index in [0.29, 0.717) is 12.1 Å². The van der Waals surface area contributed by atoms with Crippen molar-refractivity contribution in [3.05, 3.63) is 65.2 Å². The molecule has 0 saturated carbocycles. The standard InChI is InChI=1S/C17H17FN2O/c1-20(12-14-4-6-19-7-5-14)13-16-9-15(3-2-8-21)10-17(18)11-16/h4-7,9-11,21H,8,12-13H2,1H3. The maximum Gasteiger partial charge on any atom is 0.124 e. The summed E-state index contributed by atoms with van der Waals surface area (Å²) in [4.78, 5) is 6.08. The highest BCUT2D eigenvalue weighted by Crippen LogP contribution is 2.12. The van der Waals surface area contributed by atoms with Gasteiger partial charge in [0.15, 0.2) is 0 Å². The lowest BCUT2D eigenvalue weighted by Crippen LogP contribution is -2.17. The minimum atomic E-state index is -0.313. The lowest BCUT2D eigenvalue weighted by atomic mass is 10.1. The first-order valence-corrected chi connectivity index (χ1v) is 6.64. The number of halogens is 1. The number of aromatic nitrogens is 1. The quantitative estimate of drug-likeness (QED) is 0.874. The lowest BCUT2D eigenvalue weighted by molar-refractivity contribution is 0.318. The third-order valence-electron chi connectivity index (χ3n) is 2.92. The lowest BCUT2D eigenvalue weighted by Gasteiger charge is -2.17. The van der Waals surface area contributed by atoms with Crippen LogP contribution in [0.5, 0.6) is 0 Å². The Balaban J connectivity index is 2.06. The van der Waals surface area contributed by atoms with Crippen molar-refractivity contribution in [1.82, 2.24) is 9.88 Å². The van der Waals surface area contributed by atoms with E-state index >= 15 is 0 Å². The fourth-order valence-electron chi connectivity index (χ4n) is 2.12. The summed E-state index contributed by atoms with van der Waals surface area (Å²) in [5, 5.41) is 8.70. The Morgan fingerprint density at radius 1 is 1.14 bits per heavy atom. The first kappa shape index (κ1) is 15.2. The third-order valence-corrected chi connectivity index (χ3v) is 2.92. The van der Waals surface area contributed by atoms with Gasteiger partial charge in [-0.05, 0) is 48.5 Å². The summed E-state index contributed by atoms with van der Waals surface area (Å²) < 4.78 is 13.6. The molecule has 2 rings (SSSR count). The van der Waals surface area contributed by atoms with Gasteiger partial charge in [-0.2, -0.15) is 0 Å². The van der Waals surface area contributed by atoms with Crippen molar-refractivity contribution in [3.8, 4) is 11.8 Å². The number of aliphatic hydroxyl groups is 1. The van der Waals surface area contributed by atoms with Crippen LogP contribution in [0.15, 0.2) is 42.7 Å². The number of nitrogens with zero attached hydrogens (tertiary/aromatic N) is 2. The summed E-state index contributed by atoms with van der Waals surface area (Å²) in [5.74, 6) is 4.95. The van der Waals surface area contributed by atoms with E-state index in [1.54, 1.807) is 12.4 Å². The van der Waals surface area contributed by atoms with E-state index in [1.165, 1.54) is 12.1 Å². The molecule has 0 aliphatic heterocycles. The van der Waals surface area contributed by atoms with Crippen molar-refractivity contribution in [2.45, 2.75) is 13.1 Å². The zero-order valence-corrected chi connectivity index (χ0v) is 11.9. The van der Waals surface area contributed by atoms with Crippen LogP contribution in [0.25, 0.3) is 0 Å². The van der Waals surface area contributed by atoms with E-state index in [-0.39, 0.29) is 12.4 Å². The van der Waals surface area contributed by atoms with Crippen molar-refractivity contribution in [1.29, 1.82) is 0 Å². The van der Waals surface area contributed by atoms with Gasteiger partial charge < -0.3 is 5.11 Å². The van der Waals surface area contributed by atoms with Gasteiger partial charge in [0.2, 0.25) is 0 Å². The normalized spacial score (nSPS) is 10.3. The molecule has 1 N–H and O–H groups in total. The summed E-state index contributed by atoms with van der Waals surface area (Å²) >= 11 is 0. The molecule has 0 amide bonds. The summed E-state index contributed by atoms with van der Waals surface area (Å²) in [6.45, 7) is 1.15. The molecule has 0 aliphatic rings. The van der Waals surface area contributed by atoms with Crippen LogP contribution in [0.3, 0.4) is 0 Å². The Bertz CT molecular complexity index is 647. The minimum absolute atomic E-state index is 0.228.